The Bertz CT molecular complexity index is 1040. The first kappa shape index (κ1) is 19.4. The van der Waals surface area contributed by atoms with Crippen LogP contribution in [0.25, 0.3) is 0 Å². The summed E-state index contributed by atoms with van der Waals surface area (Å²) >= 11 is 3.34. The number of carbonyl (C=O) groups excluding carboxylic acids is 3. The molecule has 0 N–H and O–H groups in total. The molecule has 6 heteroatoms. The van der Waals surface area contributed by atoms with E-state index >= 15 is 0 Å². The summed E-state index contributed by atoms with van der Waals surface area (Å²) in [6.07, 6.45) is 1.46. The van der Waals surface area contributed by atoms with Crippen LogP contribution in [0.2, 0.25) is 0 Å². The first-order valence-electron chi connectivity index (χ1n) is 8.42. The molecule has 0 fully saturated rings. The van der Waals surface area contributed by atoms with Gasteiger partial charge < -0.3 is 4.90 Å². The van der Waals surface area contributed by atoms with E-state index in [0.29, 0.717) is 11.3 Å². The van der Waals surface area contributed by atoms with Crippen LogP contribution in [0, 0.1) is 0 Å². The van der Waals surface area contributed by atoms with Crippen LogP contribution in [0.3, 0.4) is 0 Å². The minimum absolute atomic E-state index is 0.149. The molecule has 0 radical (unpaired) electrons. The number of hydrogen-bond acceptors (Lipinski definition) is 4. The molecule has 0 aliphatic heterocycles. The van der Waals surface area contributed by atoms with Crippen molar-refractivity contribution in [2.75, 3.05) is 11.4 Å². The molecule has 28 heavy (non-hydrogen) atoms. The number of rotatable bonds is 6. The average Bonchev–Trinajstić information content (AvgIpc) is 2.73. The fraction of sp³-hybridized carbons (Fsp3) is 0.0455. The van der Waals surface area contributed by atoms with Crippen LogP contribution in [0.1, 0.15) is 20.7 Å². The second-order valence-electron chi connectivity index (χ2n) is 5.88. The van der Waals surface area contributed by atoms with Gasteiger partial charge in [-0.3, -0.25) is 9.59 Å². The number of ketones is 1. The van der Waals surface area contributed by atoms with Crippen LogP contribution in [-0.2, 0) is 4.79 Å². The molecule has 3 aromatic carbocycles. The maximum Gasteiger partial charge on any atom is 0.260 e. The summed E-state index contributed by atoms with van der Waals surface area (Å²) in [5.41, 5.74) is 1.50. The lowest BCUT2D eigenvalue weighted by Crippen LogP contribution is -2.36. The van der Waals surface area contributed by atoms with E-state index in [4.69, 9.17) is 0 Å². The zero-order chi connectivity index (χ0) is 19.9. The maximum absolute atomic E-state index is 13.2. The largest absolute Gasteiger partial charge is 0.300 e. The minimum atomic E-state index is -0.425. The van der Waals surface area contributed by atoms with Crippen molar-refractivity contribution in [2.24, 2.45) is 4.99 Å². The summed E-state index contributed by atoms with van der Waals surface area (Å²) in [6.45, 7) is -0.149. The highest BCUT2D eigenvalue weighted by molar-refractivity contribution is 9.10. The predicted octanol–water partition coefficient (Wildman–Crippen LogP) is 4.95. The average molecular weight is 435 g/mol. The second kappa shape index (κ2) is 9.04. The highest BCUT2D eigenvalue weighted by atomic mass is 79.9. The molecule has 0 heterocycles. The third-order valence-electron chi connectivity index (χ3n) is 4.08. The number of hydrogen-bond donors (Lipinski definition) is 0. The van der Waals surface area contributed by atoms with Gasteiger partial charge in [0, 0.05) is 15.7 Å². The third-order valence-corrected chi connectivity index (χ3v) is 4.61. The number of benzene rings is 3. The molecule has 138 valence electrons. The highest BCUT2D eigenvalue weighted by Crippen LogP contribution is 2.24. The van der Waals surface area contributed by atoms with Gasteiger partial charge in [-0.25, -0.2) is 4.79 Å². The summed E-state index contributed by atoms with van der Waals surface area (Å²) < 4.78 is 0.862. The van der Waals surface area contributed by atoms with Crippen LogP contribution in [0.4, 0.5) is 11.4 Å². The third kappa shape index (κ3) is 4.49. The van der Waals surface area contributed by atoms with E-state index in [0.717, 1.165) is 4.47 Å². The van der Waals surface area contributed by atoms with Crippen LogP contribution in [0.15, 0.2) is 88.3 Å². The van der Waals surface area contributed by atoms with E-state index in [9.17, 15) is 14.4 Å². The SMILES string of the molecule is O=C=Nc1ccccc1C(=O)N(CC(=O)c1ccc(Br)cc1)c1ccccc1. The Balaban J connectivity index is 1.98. The number of halogens is 1. The molecule has 0 saturated carbocycles. The van der Waals surface area contributed by atoms with Crippen molar-refractivity contribution in [1.29, 1.82) is 0 Å². The van der Waals surface area contributed by atoms with Crippen LogP contribution in [0.5, 0.6) is 0 Å². The molecule has 0 aliphatic rings. The monoisotopic (exact) mass is 434 g/mol. The highest BCUT2D eigenvalue weighted by Gasteiger charge is 2.23. The molecule has 0 unspecified atom stereocenters. The number of carbonyl (C=O) groups is 2. The van der Waals surface area contributed by atoms with Crippen molar-refractivity contribution in [2.45, 2.75) is 0 Å². The molecule has 0 aliphatic carbocycles. The Labute approximate surface area is 170 Å². The lowest BCUT2D eigenvalue weighted by molar-refractivity contribution is 0.0937. The van der Waals surface area contributed by atoms with Crippen molar-refractivity contribution in [3.63, 3.8) is 0 Å². The molecule has 3 aromatic rings. The zero-order valence-corrected chi connectivity index (χ0v) is 16.3. The van der Waals surface area contributed by atoms with Gasteiger partial charge in [0.1, 0.15) is 0 Å². The van der Waals surface area contributed by atoms with Crippen LogP contribution < -0.4 is 4.90 Å². The normalized spacial score (nSPS) is 10.0. The van der Waals surface area contributed by atoms with Gasteiger partial charge in [-0.2, -0.15) is 4.99 Å². The first-order valence-corrected chi connectivity index (χ1v) is 9.22. The molecule has 5 nitrogen and oxygen atoms in total. The number of para-hydroxylation sites is 2. The van der Waals surface area contributed by atoms with Gasteiger partial charge in [-0.05, 0) is 36.4 Å². The molecule has 1 amide bonds. The summed E-state index contributed by atoms with van der Waals surface area (Å²) in [7, 11) is 0. The fourth-order valence-corrected chi connectivity index (χ4v) is 2.97. The van der Waals surface area contributed by atoms with E-state index in [2.05, 4.69) is 20.9 Å². The lowest BCUT2D eigenvalue weighted by atomic mass is 10.1. The summed E-state index contributed by atoms with van der Waals surface area (Å²) in [5.74, 6) is -0.632. The number of isocyanates is 1. The Morgan fingerprint density at radius 3 is 2.21 bits per heavy atom. The Hall–Kier alpha value is -3.34. The Morgan fingerprint density at radius 1 is 0.893 bits per heavy atom. The van der Waals surface area contributed by atoms with E-state index in [1.165, 1.54) is 11.0 Å². The zero-order valence-electron chi connectivity index (χ0n) is 14.7. The van der Waals surface area contributed by atoms with Gasteiger partial charge in [-0.15, -0.1) is 0 Å². The summed E-state index contributed by atoms with van der Waals surface area (Å²) in [5, 5.41) is 0. The van der Waals surface area contributed by atoms with Gasteiger partial charge in [-0.1, -0.05) is 58.4 Å². The summed E-state index contributed by atoms with van der Waals surface area (Å²) in [6, 6.07) is 22.3. The van der Waals surface area contributed by atoms with Gasteiger partial charge in [0.25, 0.3) is 5.91 Å². The van der Waals surface area contributed by atoms with Crippen molar-refractivity contribution >= 4 is 45.1 Å². The fourth-order valence-electron chi connectivity index (χ4n) is 2.71. The molecule has 0 spiro atoms. The number of amides is 1. The van der Waals surface area contributed by atoms with Crippen LogP contribution >= 0.6 is 15.9 Å². The molecular formula is C22H15BrN2O3. The minimum Gasteiger partial charge on any atom is -0.300 e. The van der Waals surface area contributed by atoms with Crippen molar-refractivity contribution in [3.05, 3.63) is 94.5 Å². The standard InChI is InChI=1S/C22H15BrN2O3/c23-17-12-10-16(11-13-17)21(27)14-25(18-6-2-1-3-7-18)22(28)19-8-4-5-9-20(19)24-15-26/h1-13H,14H2. The van der Waals surface area contributed by atoms with Crippen molar-refractivity contribution < 1.29 is 14.4 Å². The molecule has 0 saturated heterocycles. The quantitative estimate of drug-likeness (QED) is 0.313. The molecule has 0 bridgehead atoms. The number of anilines is 1. The maximum atomic E-state index is 13.2. The van der Waals surface area contributed by atoms with Crippen molar-refractivity contribution in [1.82, 2.24) is 0 Å². The topological polar surface area (TPSA) is 66.8 Å². The van der Waals surface area contributed by atoms with Gasteiger partial charge >= 0.3 is 0 Å². The predicted molar refractivity (Wildman–Crippen MR) is 111 cm³/mol. The molecule has 0 atom stereocenters. The van der Waals surface area contributed by atoms with E-state index < -0.39 is 5.91 Å². The Morgan fingerprint density at radius 2 is 1.54 bits per heavy atom. The molecular weight excluding hydrogens is 420 g/mol. The van der Waals surface area contributed by atoms with Gasteiger partial charge in [0.05, 0.1) is 17.8 Å². The lowest BCUT2D eigenvalue weighted by Gasteiger charge is -2.23. The molecule has 3 rings (SSSR count). The van der Waals surface area contributed by atoms with E-state index in [-0.39, 0.29) is 23.6 Å². The van der Waals surface area contributed by atoms with Crippen LogP contribution in [-0.4, -0.2) is 24.3 Å². The first-order chi connectivity index (χ1) is 13.6. The smallest absolute Gasteiger partial charge is 0.260 e. The Kier molecular flexibility index (Phi) is 6.27. The second-order valence-corrected chi connectivity index (χ2v) is 6.79. The van der Waals surface area contributed by atoms with E-state index in [1.54, 1.807) is 72.8 Å². The van der Waals surface area contributed by atoms with Gasteiger partial charge in [0.2, 0.25) is 6.08 Å². The van der Waals surface area contributed by atoms with E-state index in [1.807, 2.05) is 6.07 Å². The molecule has 0 aromatic heterocycles. The number of Topliss-reactive ketones (excluding diaryl/α,β-unsaturated/α-hetero) is 1. The van der Waals surface area contributed by atoms with Gasteiger partial charge in [0.15, 0.2) is 5.78 Å². The summed E-state index contributed by atoms with van der Waals surface area (Å²) in [4.78, 5) is 41.7. The van der Waals surface area contributed by atoms with Crippen molar-refractivity contribution in [3.8, 4) is 0 Å². The number of aliphatic imine (C=N–C) groups is 1. The number of nitrogens with zero attached hydrogens (tertiary/aromatic N) is 2.